The summed E-state index contributed by atoms with van der Waals surface area (Å²) in [5.74, 6) is -0.424. The SMILES string of the molecule is COC(=O)c1cc2c3cc(C)cnc3n(C)c2c(C)n1. The van der Waals surface area contributed by atoms with Gasteiger partial charge in [0.05, 0.1) is 18.3 Å². The lowest BCUT2D eigenvalue weighted by molar-refractivity contribution is 0.0594. The van der Waals surface area contributed by atoms with E-state index in [1.165, 1.54) is 7.11 Å². The lowest BCUT2D eigenvalue weighted by Gasteiger charge is -2.03. The molecular weight excluding hydrogens is 254 g/mol. The van der Waals surface area contributed by atoms with Gasteiger partial charge in [0.15, 0.2) is 0 Å². The summed E-state index contributed by atoms with van der Waals surface area (Å²) in [5, 5.41) is 2.00. The third-order valence-corrected chi connectivity index (χ3v) is 3.51. The van der Waals surface area contributed by atoms with Crippen molar-refractivity contribution >= 4 is 27.9 Å². The number of aryl methyl sites for hydroxylation is 3. The van der Waals surface area contributed by atoms with Gasteiger partial charge in [-0.15, -0.1) is 0 Å². The molecule has 0 saturated heterocycles. The molecule has 0 amide bonds. The molecule has 0 fully saturated rings. The fourth-order valence-corrected chi connectivity index (χ4v) is 2.64. The van der Waals surface area contributed by atoms with Crippen molar-refractivity contribution in [3.63, 3.8) is 0 Å². The van der Waals surface area contributed by atoms with Crippen molar-refractivity contribution in [3.8, 4) is 0 Å². The molecule has 0 spiro atoms. The van der Waals surface area contributed by atoms with E-state index in [0.717, 1.165) is 33.2 Å². The number of pyridine rings is 2. The molecule has 5 heteroatoms. The first kappa shape index (κ1) is 12.6. The van der Waals surface area contributed by atoms with E-state index in [1.54, 1.807) is 6.07 Å². The van der Waals surface area contributed by atoms with Crippen molar-refractivity contribution in [2.45, 2.75) is 13.8 Å². The molecule has 20 heavy (non-hydrogen) atoms. The minimum absolute atomic E-state index is 0.325. The van der Waals surface area contributed by atoms with Crippen molar-refractivity contribution in [2.75, 3.05) is 7.11 Å². The van der Waals surface area contributed by atoms with Crippen molar-refractivity contribution in [2.24, 2.45) is 7.05 Å². The molecule has 3 rings (SSSR count). The molecule has 0 radical (unpaired) electrons. The second-order valence-electron chi connectivity index (χ2n) is 4.92. The van der Waals surface area contributed by atoms with E-state index in [1.807, 2.05) is 31.7 Å². The number of carbonyl (C=O) groups is 1. The Morgan fingerprint density at radius 3 is 2.70 bits per heavy atom. The van der Waals surface area contributed by atoms with Crippen LogP contribution in [-0.4, -0.2) is 27.6 Å². The molecule has 0 saturated carbocycles. The minimum Gasteiger partial charge on any atom is -0.464 e. The van der Waals surface area contributed by atoms with Crippen LogP contribution in [0.1, 0.15) is 21.7 Å². The summed E-state index contributed by atoms with van der Waals surface area (Å²) in [6, 6.07) is 3.85. The van der Waals surface area contributed by atoms with Crippen LogP contribution < -0.4 is 0 Å². The Bertz CT molecular complexity index is 849. The molecule has 0 aromatic carbocycles. The number of methoxy groups -OCH3 is 1. The van der Waals surface area contributed by atoms with Gasteiger partial charge in [0.1, 0.15) is 11.3 Å². The normalized spacial score (nSPS) is 11.2. The van der Waals surface area contributed by atoms with Crippen LogP contribution in [0.3, 0.4) is 0 Å². The number of rotatable bonds is 1. The van der Waals surface area contributed by atoms with Gasteiger partial charge in [-0.1, -0.05) is 0 Å². The highest BCUT2D eigenvalue weighted by molar-refractivity contribution is 6.09. The van der Waals surface area contributed by atoms with Gasteiger partial charge in [0, 0.05) is 24.0 Å². The summed E-state index contributed by atoms with van der Waals surface area (Å²) in [4.78, 5) is 20.5. The molecular formula is C15H15N3O2. The molecule has 3 aromatic heterocycles. The van der Waals surface area contributed by atoms with Crippen LogP contribution >= 0.6 is 0 Å². The van der Waals surface area contributed by atoms with E-state index in [0.29, 0.717) is 5.69 Å². The average molecular weight is 269 g/mol. The smallest absolute Gasteiger partial charge is 0.356 e. The quantitative estimate of drug-likeness (QED) is 0.637. The van der Waals surface area contributed by atoms with E-state index >= 15 is 0 Å². The number of ether oxygens (including phenoxy) is 1. The molecule has 0 aliphatic carbocycles. The fourth-order valence-electron chi connectivity index (χ4n) is 2.64. The molecule has 102 valence electrons. The summed E-state index contributed by atoms with van der Waals surface area (Å²) in [7, 11) is 3.32. The topological polar surface area (TPSA) is 57.0 Å². The van der Waals surface area contributed by atoms with Gasteiger partial charge in [0.25, 0.3) is 0 Å². The average Bonchev–Trinajstić information content (AvgIpc) is 2.71. The predicted octanol–water partition coefficient (Wildman–Crippen LogP) is 2.52. The van der Waals surface area contributed by atoms with Crippen molar-refractivity contribution < 1.29 is 9.53 Å². The number of hydrogen-bond donors (Lipinski definition) is 0. The maximum Gasteiger partial charge on any atom is 0.356 e. The monoisotopic (exact) mass is 269 g/mol. The molecule has 3 heterocycles. The van der Waals surface area contributed by atoms with Gasteiger partial charge in [-0.3, -0.25) is 0 Å². The van der Waals surface area contributed by atoms with Gasteiger partial charge in [-0.25, -0.2) is 14.8 Å². The third-order valence-electron chi connectivity index (χ3n) is 3.51. The van der Waals surface area contributed by atoms with Gasteiger partial charge in [0.2, 0.25) is 0 Å². The Morgan fingerprint density at radius 2 is 2.00 bits per heavy atom. The highest BCUT2D eigenvalue weighted by Gasteiger charge is 2.16. The maximum atomic E-state index is 11.7. The lowest BCUT2D eigenvalue weighted by Crippen LogP contribution is -2.05. The molecule has 5 nitrogen and oxygen atoms in total. The molecule has 0 N–H and O–H groups in total. The maximum absolute atomic E-state index is 11.7. The number of fused-ring (bicyclic) bond motifs is 3. The first-order valence-corrected chi connectivity index (χ1v) is 6.33. The van der Waals surface area contributed by atoms with E-state index < -0.39 is 5.97 Å². The molecule has 0 aliphatic heterocycles. The van der Waals surface area contributed by atoms with E-state index in [-0.39, 0.29) is 0 Å². The van der Waals surface area contributed by atoms with Gasteiger partial charge in [-0.2, -0.15) is 0 Å². The Labute approximate surface area is 116 Å². The zero-order chi connectivity index (χ0) is 14.4. The summed E-state index contributed by atoms with van der Waals surface area (Å²) in [6.45, 7) is 3.89. The van der Waals surface area contributed by atoms with Crippen molar-refractivity contribution in [1.82, 2.24) is 14.5 Å². The number of aromatic nitrogens is 3. The van der Waals surface area contributed by atoms with Crippen LogP contribution in [0.4, 0.5) is 0 Å². The van der Waals surface area contributed by atoms with E-state index in [9.17, 15) is 4.79 Å². The lowest BCUT2D eigenvalue weighted by atomic mass is 10.1. The summed E-state index contributed by atoms with van der Waals surface area (Å²) in [5.41, 5.74) is 4.08. The van der Waals surface area contributed by atoms with Crippen LogP contribution in [0.2, 0.25) is 0 Å². The van der Waals surface area contributed by atoms with Gasteiger partial charge < -0.3 is 9.30 Å². The van der Waals surface area contributed by atoms with E-state index in [4.69, 9.17) is 4.74 Å². The fraction of sp³-hybridized carbons (Fsp3) is 0.267. The Morgan fingerprint density at radius 1 is 1.25 bits per heavy atom. The number of esters is 1. The summed E-state index contributed by atoms with van der Waals surface area (Å²) < 4.78 is 6.77. The summed E-state index contributed by atoms with van der Waals surface area (Å²) >= 11 is 0. The van der Waals surface area contributed by atoms with Crippen LogP contribution in [0, 0.1) is 13.8 Å². The molecule has 0 atom stereocenters. The van der Waals surface area contributed by atoms with Crippen molar-refractivity contribution in [3.05, 3.63) is 35.3 Å². The van der Waals surface area contributed by atoms with Crippen LogP contribution in [0.25, 0.3) is 21.9 Å². The van der Waals surface area contributed by atoms with Gasteiger partial charge >= 0.3 is 5.97 Å². The second kappa shape index (κ2) is 4.30. The van der Waals surface area contributed by atoms with Crippen LogP contribution in [0.15, 0.2) is 18.3 Å². The Balaban J connectivity index is 2.48. The Kier molecular flexibility index (Phi) is 2.71. The zero-order valence-corrected chi connectivity index (χ0v) is 11.9. The van der Waals surface area contributed by atoms with Gasteiger partial charge in [-0.05, 0) is 31.5 Å². The first-order valence-electron chi connectivity index (χ1n) is 6.33. The third kappa shape index (κ3) is 1.66. The highest BCUT2D eigenvalue weighted by Crippen LogP contribution is 2.29. The van der Waals surface area contributed by atoms with E-state index in [2.05, 4.69) is 16.0 Å². The largest absolute Gasteiger partial charge is 0.464 e. The predicted molar refractivity (Wildman–Crippen MR) is 76.8 cm³/mol. The number of carbonyl (C=O) groups excluding carboxylic acids is 1. The number of nitrogens with zero attached hydrogens (tertiary/aromatic N) is 3. The number of hydrogen-bond acceptors (Lipinski definition) is 4. The first-order chi connectivity index (χ1) is 9.52. The Hall–Kier alpha value is -2.43. The molecule has 0 bridgehead atoms. The molecule has 0 aliphatic rings. The molecule has 3 aromatic rings. The second-order valence-corrected chi connectivity index (χ2v) is 4.92. The standard InChI is InChI=1S/C15H15N3O2/c1-8-5-11-10-6-12(15(19)20-4)17-9(2)13(10)18(3)14(11)16-7-8/h5-7H,1-4H3. The summed E-state index contributed by atoms with van der Waals surface area (Å²) in [6.07, 6.45) is 1.84. The molecule has 0 unspecified atom stereocenters. The zero-order valence-electron chi connectivity index (χ0n) is 11.9. The highest BCUT2D eigenvalue weighted by atomic mass is 16.5. The minimum atomic E-state index is -0.424. The van der Waals surface area contributed by atoms with Crippen LogP contribution in [-0.2, 0) is 11.8 Å². The van der Waals surface area contributed by atoms with Crippen molar-refractivity contribution in [1.29, 1.82) is 0 Å². The van der Waals surface area contributed by atoms with Crippen LogP contribution in [0.5, 0.6) is 0 Å².